The number of hydrogen-bond donors (Lipinski definition) is 0. The Morgan fingerprint density at radius 3 is 2.50 bits per heavy atom. The summed E-state index contributed by atoms with van der Waals surface area (Å²) in [4.78, 5) is 9.89. The van der Waals surface area contributed by atoms with E-state index in [1.807, 2.05) is 18.2 Å². The molecule has 0 saturated heterocycles. The SMILES string of the molecule is CC(C)c1ccc2nc(-c3ccc(Cl)s3)nc(Cl)c2c1. The van der Waals surface area contributed by atoms with Crippen molar-refractivity contribution >= 4 is 45.4 Å². The molecule has 0 aliphatic carbocycles. The van der Waals surface area contributed by atoms with Crippen molar-refractivity contribution in [1.29, 1.82) is 0 Å². The highest BCUT2D eigenvalue weighted by molar-refractivity contribution is 7.19. The van der Waals surface area contributed by atoms with Gasteiger partial charge in [0.2, 0.25) is 0 Å². The number of fused-ring (bicyclic) bond motifs is 1. The summed E-state index contributed by atoms with van der Waals surface area (Å²) in [6, 6.07) is 9.89. The summed E-state index contributed by atoms with van der Waals surface area (Å²) in [6.07, 6.45) is 0. The number of hydrogen-bond acceptors (Lipinski definition) is 3. The third-order valence-electron chi connectivity index (χ3n) is 3.13. The molecule has 0 unspecified atom stereocenters. The Hall–Kier alpha value is -1.16. The van der Waals surface area contributed by atoms with Crippen LogP contribution in [-0.2, 0) is 0 Å². The summed E-state index contributed by atoms with van der Waals surface area (Å²) < 4.78 is 0.718. The van der Waals surface area contributed by atoms with Crippen molar-refractivity contribution in [3.8, 4) is 10.7 Å². The lowest BCUT2D eigenvalue weighted by molar-refractivity contribution is 0.868. The van der Waals surface area contributed by atoms with Crippen molar-refractivity contribution in [2.45, 2.75) is 19.8 Å². The normalized spacial score (nSPS) is 11.4. The van der Waals surface area contributed by atoms with Gasteiger partial charge in [0.25, 0.3) is 0 Å². The van der Waals surface area contributed by atoms with E-state index in [9.17, 15) is 0 Å². The second kappa shape index (κ2) is 5.32. The Bertz CT molecular complexity index is 781. The molecule has 0 aliphatic heterocycles. The molecule has 1 aromatic carbocycles. The standard InChI is InChI=1S/C15H12Cl2N2S/c1-8(2)9-3-4-11-10(7-9)14(17)19-15(18-11)12-5-6-13(16)20-12/h3-8H,1-2H3. The Morgan fingerprint density at radius 2 is 1.85 bits per heavy atom. The first-order valence-corrected chi connectivity index (χ1v) is 7.85. The van der Waals surface area contributed by atoms with Gasteiger partial charge in [-0.1, -0.05) is 43.1 Å². The molecule has 0 fully saturated rings. The largest absolute Gasteiger partial charge is 0.227 e. The van der Waals surface area contributed by atoms with Crippen LogP contribution in [-0.4, -0.2) is 9.97 Å². The maximum absolute atomic E-state index is 6.32. The molecular formula is C15H12Cl2N2S. The van der Waals surface area contributed by atoms with Gasteiger partial charge in [-0.15, -0.1) is 11.3 Å². The molecule has 5 heteroatoms. The first kappa shape index (κ1) is 13.8. The average Bonchev–Trinajstić information content (AvgIpc) is 2.85. The van der Waals surface area contributed by atoms with E-state index in [0.29, 0.717) is 16.9 Å². The van der Waals surface area contributed by atoms with Gasteiger partial charge in [0.05, 0.1) is 14.7 Å². The van der Waals surface area contributed by atoms with E-state index in [1.54, 1.807) is 0 Å². The van der Waals surface area contributed by atoms with Gasteiger partial charge in [-0.3, -0.25) is 0 Å². The number of benzene rings is 1. The van der Waals surface area contributed by atoms with Gasteiger partial charge in [0, 0.05) is 5.39 Å². The van der Waals surface area contributed by atoms with Crippen LogP contribution in [0.2, 0.25) is 9.49 Å². The lowest BCUT2D eigenvalue weighted by atomic mass is 10.0. The van der Waals surface area contributed by atoms with E-state index in [-0.39, 0.29) is 0 Å². The highest BCUT2D eigenvalue weighted by Crippen LogP contribution is 2.32. The smallest absolute Gasteiger partial charge is 0.171 e. The summed E-state index contributed by atoms with van der Waals surface area (Å²) in [5.41, 5.74) is 2.09. The molecule has 2 heterocycles. The zero-order valence-electron chi connectivity index (χ0n) is 11.0. The molecule has 102 valence electrons. The van der Waals surface area contributed by atoms with Crippen molar-refractivity contribution in [3.63, 3.8) is 0 Å². The predicted molar refractivity (Wildman–Crippen MR) is 87.0 cm³/mol. The fraction of sp³-hybridized carbons (Fsp3) is 0.200. The fourth-order valence-electron chi connectivity index (χ4n) is 2.01. The summed E-state index contributed by atoms with van der Waals surface area (Å²) in [5.74, 6) is 1.07. The molecule has 2 aromatic heterocycles. The van der Waals surface area contributed by atoms with Gasteiger partial charge in [0.15, 0.2) is 5.82 Å². The molecule has 0 N–H and O–H groups in total. The van der Waals surface area contributed by atoms with Crippen LogP contribution in [0.4, 0.5) is 0 Å². The topological polar surface area (TPSA) is 25.8 Å². The molecule has 3 rings (SSSR count). The Labute approximate surface area is 131 Å². The van der Waals surface area contributed by atoms with Crippen LogP contribution in [0.15, 0.2) is 30.3 Å². The lowest BCUT2D eigenvalue weighted by Gasteiger charge is -2.08. The molecule has 0 spiro atoms. The third-order valence-corrected chi connectivity index (χ3v) is 4.65. The molecule has 0 atom stereocenters. The minimum atomic E-state index is 0.450. The van der Waals surface area contributed by atoms with Crippen LogP contribution in [0.5, 0.6) is 0 Å². The molecule has 0 radical (unpaired) electrons. The van der Waals surface area contributed by atoms with Gasteiger partial charge in [0.1, 0.15) is 5.15 Å². The summed E-state index contributed by atoms with van der Waals surface area (Å²) in [5, 5.41) is 1.38. The lowest BCUT2D eigenvalue weighted by Crippen LogP contribution is -1.93. The van der Waals surface area contributed by atoms with Crippen LogP contribution in [0, 0.1) is 0 Å². The van der Waals surface area contributed by atoms with Crippen molar-refractivity contribution in [1.82, 2.24) is 9.97 Å². The first-order chi connectivity index (χ1) is 9.54. The molecule has 0 amide bonds. The summed E-state index contributed by atoms with van der Waals surface area (Å²) in [7, 11) is 0. The monoisotopic (exact) mass is 322 g/mol. The number of thiophene rings is 1. The molecule has 0 aliphatic rings. The van der Waals surface area contributed by atoms with Crippen LogP contribution in [0.1, 0.15) is 25.3 Å². The van der Waals surface area contributed by atoms with Gasteiger partial charge in [-0.2, -0.15) is 0 Å². The van der Waals surface area contributed by atoms with Gasteiger partial charge in [-0.25, -0.2) is 9.97 Å². The first-order valence-electron chi connectivity index (χ1n) is 6.27. The maximum Gasteiger partial charge on any atom is 0.171 e. The number of nitrogens with zero attached hydrogens (tertiary/aromatic N) is 2. The summed E-state index contributed by atoms with van der Waals surface area (Å²) in [6.45, 7) is 4.30. The Balaban J connectivity index is 2.17. The van der Waals surface area contributed by atoms with E-state index in [2.05, 4.69) is 35.9 Å². The second-order valence-electron chi connectivity index (χ2n) is 4.87. The van der Waals surface area contributed by atoms with Crippen LogP contribution < -0.4 is 0 Å². The van der Waals surface area contributed by atoms with E-state index in [1.165, 1.54) is 16.9 Å². The maximum atomic E-state index is 6.32. The van der Waals surface area contributed by atoms with E-state index in [0.717, 1.165) is 20.1 Å². The van der Waals surface area contributed by atoms with Gasteiger partial charge in [-0.05, 0) is 35.7 Å². The van der Waals surface area contributed by atoms with Crippen molar-refractivity contribution in [3.05, 3.63) is 45.4 Å². The van der Waals surface area contributed by atoms with Crippen LogP contribution >= 0.6 is 34.5 Å². The van der Waals surface area contributed by atoms with Gasteiger partial charge < -0.3 is 0 Å². The molecular weight excluding hydrogens is 311 g/mol. The zero-order valence-corrected chi connectivity index (χ0v) is 13.4. The molecule has 3 aromatic rings. The highest BCUT2D eigenvalue weighted by Gasteiger charge is 2.11. The number of halogens is 2. The van der Waals surface area contributed by atoms with Crippen LogP contribution in [0.3, 0.4) is 0 Å². The molecule has 0 saturated carbocycles. The van der Waals surface area contributed by atoms with Crippen LogP contribution in [0.25, 0.3) is 21.6 Å². The molecule has 20 heavy (non-hydrogen) atoms. The van der Waals surface area contributed by atoms with E-state index in [4.69, 9.17) is 23.2 Å². The van der Waals surface area contributed by atoms with Crippen molar-refractivity contribution < 1.29 is 0 Å². The highest BCUT2D eigenvalue weighted by atomic mass is 35.5. The quantitative estimate of drug-likeness (QED) is 0.558. The fourth-order valence-corrected chi connectivity index (χ4v) is 3.22. The van der Waals surface area contributed by atoms with Gasteiger partial charge >= 0.3 is 0 Å². The van der Waals surface area contributed by atoms with E-state index < -0.39 is 0 Å². The summed E-state index contributed by atoms with van der Waals surface area (Å²) >= 11 is 13.7. The number of rotatable bonds is 2. The Morgan fingerprint density at radius 1 is 1.05 bits per heavy atom. The van der Waals surface area contributed by atoms with Crippen molar-refractivity contribution in [2.75, 3.05) is 0 Å². The minimum absolute atomic E-state index is 0.450. The predicted octanol–water partition coefficient (Wildman–Crippen LogP) is 5.79. The van der Waals surface area contributed by atoms with E-state index >= 15 is 0 Å². The Kier molecular flexibility index (Phi) is 3.67. The van der Waals surface area contributed by atoms with Crippen molar-refractivity contribution in [2.24, 2.45) is 0 Å². The minimum Gasteiger partial charge on any atom is -0.227 e. The second-order valence-corrected chi connectivity index (χ2v) is 6.95. The molecule has 2 nitrogen and oxygen atoms in total. The molecule has 0 bridgehead atoms. The zero-order chi connectivity index (χ0) is 14.3. The third kappa shape index (κ3) is 2.53. The average molecular weight is 323 g/mol. The number of aromatic nitrogens is 2.